The second-order valence-electron chi connectivity index (χ2n) is 1.91. The Balaban J connectivity index is 3.18. The first-order valence-electron chi connectivity index (χ1n) is 2.62. The summed E-state index contributed by atoms with van der Waals surface area (Å²) in [5, 5.41) is 1.82. The van der Waals surface area contributed by atoms with Gasteiger partial charge < -0.3 is 9.79 Å². The van der Waals surface area contributed by atoms with Gasteiger partial charge in [-0.25, -0.2) is 0 Å². The lowest BCUT2D eigenvalue weighted by Gasteiger charge is -2.00. The Bertz CT molecular complexity index is 274. The fourth-order valence-corrected chi connectivity index (χ4v) is 2.57. The normalized spacial score (nSPS) is 11.9. The van der Waals surface area contributed by atoms with Gasteiger partial charge in [0.2, 0.25) is 0 Å². The monoisotopic (exact) mass is 178 g/mol. The summed E-state index contributed by atoms with van der Waals surface area (Å²) in [7, 11) is -4.00. The van der Waals surface area contributed by atoms with E-state index in [4.69, 9.17) is 9.79 Å². The van der Waals surface area contributed by atoms with Crippen LogP contribution in [-0.2, 0) is 4.57 Å². The molecule has 3 nitrogen and oxygen atoms in total. The minimum absolute atomic E-state index is 0.150. The van der Waals surface area contributed by atoms with Gasteiger partial charge in [-0.1, -0.05) is 0 Å². The highest BCUT2D eigenvalue weighted by atomic mass is 32.1. The predicted octanol–water partition coefficient (Wildman–Crippen LogP) is 0.860. The molecule has 0 aliphatic heterocycles. The maximum atomic E-state index is 10.6. The lowest BCUT2D eigenvalue weighted by atomic mass is 10.5. The summed E-state index contributed by atoms with van der Waals surface area (Å²) < 4.78 is 10.6. The Morgan fingerprint density at radius 2 is 2.20 bits per heavy atom. The summed E-state index contributed by atoms with van der Waals surface area (Å²) >= 11 is 1.34. The lowest BCUT2D eigenvalue weighted by Crippen LogP contribution is -2.02. The topological polar surface area (TPSA) is 57.5 Å². The maximum absolute atomic E-state index is 10.6. The van der Waals surface area contributed by atoms with Crippen molar-refractivity contribution < 1.29 is 14.4 Å². The SMILES string of the molecule is Cc1sccc1P(=O)(O)O. The Kier molecular flexibility index (Phi) is 1.97. The molecule has 0 bridgehead atoms. The van der Waals surface area contributed by atoms with Gasteiger partial charge in [-0.05, 0) is 18.4 Å². The third kappa shape index (κ3) is 1.47. The van der Waals surface area contributed by atoms with Crippen molar-refractivity contribution in [1.82, 2.24) is 0 Å². The number of aryl methyl sites for hydroxylation is 1. The highest BCUT2D eigenvalue weighted by molar-refractivity contribution is 7.61. The third-order valence-corrected chi connectivity index (χ3v) is 3.25. The first kappa shape index (κ1) is 7.95. The fraction of sp³-hybridized carbons (Fsp3) is 0.200. The Morgan fingerprint density at radius 3 is 2.40 bits per heavy atom. The van der Waals surface area contributed by atoms with Gasteiger partial charge in [-0.15, -0.1) is 11.3 Å². The van der Waals surface area contributed by atoms with Crippen LogP contribution in [0.2, 0.25) is 0 Å². The standard InChI is InChI=1S/C5H7O3PS/c1-4-5(2-3-10-4)9(6,7)8/h2-3H,1H3,(H2,6,7,8). The number of hydrogen-bond donors (Lipinski definition) is 2. The molecule has 0 fully saturated rings. The second kappa shape index (κ2) is 2.47. The minimum Gasteiger partial charge on any atom is -0.321 e. The molecule has 0 spiro atoms. The molecule has 0 radical (unpaired) electrons. The average Bonchev–Trinajstić information content (AvgIpc) is 2.11. The predicted molar refractivity (Wildman–Crippen MR) is 40.7 cm³/mol. The molecule has 1 heterocycles. The van der Waals surface area contributed by atoms with Crippen molar-refractivity contribution in [2.75, 3.05) is 0 Å². The van der Waals surface area contributed by atoms with Crippen LogP contribution in [0.15, 0.2) is 11.4 Å². The van der Waals surface area contributed by atoms with E-state index in [0.29, 0.717) is 4.88 Å². The van der Waals surface area contributed by atoms with E-state index in [9.17, 15) is 4.57 Å². The lowest BCUT2D eigenvalue weighted by molar-refractivity contribution is 0.387. The van der Waals surface area contributed by atoms with Crippen molar-refractivity contribution in [3.63, 3.8) is 0 Å². The highest BCUT2D eigenvalue weighted by Crippen LogP contribution is 2.35. The summed E-state index contributed by atoms with van der Waals surface area (Å²) in [5.74, 6) is 0. The molecule has 0 saturated carbocycles. The second-order valence-corrected chi connectivity index (χ2v) is 4.60. The fourth-order valence-electron chi connectivity index (χ4n) is 0.680. The van der Waals surface area contributed by atoms with Crippen LogP contribution in [0.1, 0.15) is 4.88 Å². The smallest absolute Gasteiger partial charge is 0.321 e. The Labute approximate surface area is 62.5 Å². The zero-order valence-corrected chi connectivity index (χ0v) is 7.02. The molecule has 0 aromatic carbocycles. The van der Waals surface area contributed by atoms with E-state index >= 15 is 0 Å². The van der Waals surface area contributed by atoms with Crippen molar-refractivity contribution >= 4 is 24.2 Å². The van der Waals surface area contributed by atoms with Crippen molar-refractivity contribution in [1.29, 1.82) is 0 Å². The molecular formula is C5H7O3PS. The van der Waals surface area contributed by atoms with E-state index in [0.717, 1.165) is 0 Å². The molecular weight excluding hydrogens is 171 g/mol. The van der Waals surface area contributed by atoms with E-state index in [-0.39, 0.29) is 5.30 Å². The van der Waals surface area contributed by atoms with E-state index in [1.165, 1.54) is 17.4 Å². The Hall–Kier alpha value is -0.150. The molecule has 2 N–H and O–H groups in total. The van der Waals surface area contributed by atoms with Crippen LogP contribution in [0.5, 0.6) is 0 Å². The van der Waals surface area contributed by atoms with Crippen LogP contribution in [0.25, 0.3) is 0 Å². The zero-order valence-electron chi connectivity index (χ0n) is 5.31. The van der Waals surface area contributed by atoms with E-state index in [1.807, 2.05) is 0 Å². The molecule has 0 atom stereocenters. The molecule has 0 aliphatic rings. The van der Waals surface area contributed by atoms with Crippen LogP contribution >= 0.6 is 18.9 Å². The summed E-state index contributed by atoms with van der Waals surface area (Å²) in [6.07, 6.45) is 0. The molecule has 5 heteroatoms. The van der Waals surface area contributed by atoms with Gasteiger partial charge in [0, 0.05) is 4.88 Å². The molecule has 1 aromatic heterocycles. The van der Waals surface area contributed by atoms with E-state index in [2.05, 4.69) is 0 Å². The molecule has 1 aromatic rings. The number of thiophene rings is 1. The molecule has 0 unspecified atom stereocenters. The van der Waals surface area contributed by atoms with Gasteiger partial charge in [-0.2, -0.15) is 0 Å². The quantitative estimate of drug-likeness (QED) is 0.627. The van der Waals surface area contributed by atoms with Gasteiger partial charge in [0.05, 0.1) is 5.30 Å². The van der Waals surface area contributed by atoms with Gasteiger partial charge in [0.1, 0.15) is 0 Å². The van der Waals surface area contributed by atoms with Gasteiger partial charge >= 0.3 is 7.60 Å². The summed E-state index contributed by atoms with van der Waals surface area (Å²) in [6, 6.07) is 1.46. The van der Waals surface area contributed by atoms with Crippen molar-refractivity contribution in [2.45, 2.75) is 6.92 Å². The van der Waals surface area contributed by atoms with Gasteiger partial charge in [0.15, 0.2) is 0 Å². The van der Waals surface area contributed by atoms with Crippen LogP contribution in [-0.4, -0.2) is 9.79 Å². The highest BCUT2D eigenvalue weighted by Gasteiger charge is 2.19. The summed E-state index contributed by atoms with van der Waals surface area (Å²) in [5.41, 5.74) is 0. The van der Waals surface area contributed by atoms with Crippen molar-refractivity contribution in [2.24, 2.45) is 0 Å². The summed E-state index contributed by atoms with van der Waals surface area (Å²) in [6.45, 7) is 1.69. The molecule has 10 heavy (non-hydrogen) atoms. The third-order valence-electron chi connectivity index (χ3n) is 1.15. The van der Waals surface area contributed by atoms with Crippen molar-refractivity contribution in [3.05, 3.63) is 16.3 Å². The van der Waals surface area contributed by atoms with E-state index < -0.39 is 7.60 Å². The van der Waals surface area contributed by atoms with Crippen LogP contribution in [0, 0.1) is 6.92 Å². The Morgan fingerprint density at radius 1 is 1.60 bits per heavy atom. The number of hydrogen-bond acceptors (Lipinski definition) is 2. The van der Waals surface area contributed by atoms with Gasteiger partial charge in [0.25, 0.3) is 0 Å². The van der Waals surface area contributed by atoms with Crippen LogP contribution in [0.3, 0.4) is 0 Å². The largest absolute Gasteiger partial charge is 0.357 e. The zero-order chi connectivity index (χ0) is 7.78. The molecule has 0 aliphatic carbocycles. The molecule has 1 rings (SSSR count). The van der Waals surface area contributed by atoms with Crippen molar-refractivity contribution in [3.8, 4) is 0 Å². The first-order valence-corrected chi connectivity index (χ1v) is 5.11. The van der Waals surface area contributed by atoms with E-state index in [1.54, 1.807) is 12.3 Å². The number of rotatable bonds is 1. The molecule has 0 saturated heterocycles. The maximum Gasteiger partial charge on any atom is 0.357 e. The average molecular weight is 178 g/mol. The van der Waals surface area contributed by atoms with Crippen LogP contribution in [0.4, 0.5) is 0 Å². The summed E-state index contributed by atoms with van der Waals surface area (Å²) in [4.78, 5) is 18.0. The molecule has 0 amide bonds. The minimum atomic E-state index is -4.00. The molecule has 56 valence electrons. The van der Waals surface area contributed by atoms with Gasteiger partial charge in [-0.3, -0.25) is 4.57 Å². The van der Waals surface area contributed by atoms with Crippen LogP contribution < -0.4 is 5.30 Å². The first-order chi connectivity index (χ1) is 4.52.